The van der Waals surface area contributed by atoms with Crippen molar-refractivity contribution in [3.63, 3.8) is 0 Å². The first-order chi connectivity index (χ1) is 12.0. The molecular formula is C19H20FN3OS. The predicted octanol–water partition coefficient (Wildman–Crippen LogP) is 4.44. The van der Waals surface area contributed by atoms with Gasteiger partial charge in [-0.25, -0.2) is 4.39 Å². The summed E-state index contributed by atoms with van der Waals surface area (Å²) in [5.41, 5.74) is 3.25. The second-order valence-corrected chi connectivity index (χ2v) is 6.93. The van der Waals surface area contributed by atoms with E-state index in [2.05, 4.69) is 16.3 Å². The predicted molar refractivity (Wildman–Crippen MR) is 97.2 cm³/mol. The molecule has 130 valence electrons. The summed E-state index contributed by atoms with van der Waals surface area (Å²) in [6, 6.07) is 12.7. The monoisotopic (exact) mass is 357 g/mol. The van der Waals surface area contributed by atoms with Crippen molar-refractivity contribution in [1.82, 2.24) is 14.8 Å². The summed E-state index contributed by atoms with van der Waals surface area (Å²) in [5.74, 6) is 2.00. The summed E-state index contributed by atoms with van der Waals surface area (Å²) in [5, 5.41) is 9.18. The van der Waals surface area contributed by atoms with Gasteiger partial charge in [-0.2, -0.15) is 0 Å². The molecule has 0 spiro atoms. The first-order valence-corrected chi connectivity index (χ1v) is 8.96. The topological polar surface area (TPSA) is 39.9 Å². The summed E-state index contributed by atoms with van der Waals surface area (Å²) in [4.78, 5) is 0. The highest BCUT2D eigenvalue weighted by Gasteiger charge is 2.10. The zero-order chi connectivity index (χ0) is 17.8. The standard InChI is InChI=1S/C19H20FN3OS/c1-13-7-14(2)9-17(8-13)24-11-18-21-22-19(23(18)3)25-12-15-5-4-6-16(20)10-15/h4-10H,11-12H2,1-3H3. The Bertz CT molecular complexity index is 859. The second-order valence-electron chi connectivity index (χ2n) is 5.99. The van der Waals surface area contributed by atoms with Gasteiger partial charge in [-0.15, -0.1) is 10.2 Å². The average Bonchev–Trinajstić information content (AvgIpc) is 2.90. The Morgan fingerprint density at radius 1 is 1.08 bits per heavy atom. The van der Waals surface area contributed by atoms with E-state index in [1.54, 1.807) is 6.07 Å². The quantitative estimate of drug-likeness (QED) is 0.612. The molecule has 0 radical (unpaired) electrons. The van der Waals surface area contributed by atoms with E-state index < -0.39 is 0 Å². The van der Waals surface area contributed by atoms with E-state index >= 15 is 0 Å². The van der Waals surface area contributed by atoms with Gasteiger partial charge in [0.2, 0.25) is 0 Å². The first kappa shape index (κ1) is 17.5. The Morgan fingerprint density at radius 2 is 1.84 bits per heavy atom. The number of thioether (sulfide) groups is 1. The zero-order valence-corrected chi connectivity index (χ0v) is 15.3. The van der Waals surface area contributed by atoms with Gasteiger partial charge >= 0.3 is 0 Å². The summed E-state index contributed by atoms with van der Waals surface area (Å²) >= 11 is 1.52. The molecule has 0 aliphatic rings. The van der Waals surface area contributed by atoms with Crippen molar-refractivity contribution in [2.45, 2.75) is 31.4 Å². The Balaban J connectivity index is 1.62. The van der Waals surface area contributed by atoms with Gasteiger partial charge in [0.15, 0.2) is 11.0 Å². The van der Waals surface area contributed by atoms with Crippen LogP contribution in [0.3, 0.4) is 0 Å². The highest BCUT2D eigenvalue weighted by Crippen LogP contribution is 2.22. The third-order valence-electron chi connectivity index (χ3n) is 3.75. The van der Waals surface area contributed by atoms with E-state index in [1.165, 1.54) is 35.0 Å². The van der Waals surface area contributed by atoms with Crippen LogP contribution in [0.2, 0.25) is 0 Å². The lowest BCUT2D eigenvalue weighted by Gasteiger charge is -2.08. The molecule has 6 heteroatoms. The molecule has 0 saturated heterocycles. The number of aryl methyl sites for hydroxylation is 2. The van der Waals surface area contributed by atoms with Crippen LogP contribution in [0.4, 0.5) is 4.39 Å². The number of nitrogens with zero attached hydrogens (tertiary/aromatic N) is 3. The SMILES string of the molecule is Cc1cc(C)cc(OCc2nnc(SCc3cccc(F)c3)n2C)c1. The van der Waals surface area contributed by atoms with Crippen LogP contribution in [0.15, 0.2) is 47.6 Å². The molecule has 3 rings (SSSR count). The van der Waals surface area contributed by atoms with Crippen molar-refractivity contribution in [2.75, 3.05) is 0 Å². The van der Waals surface area contributed by atoms with E-state index in [0.717, 1.165) is 22.3 Å². The Morgan fingerprint density at radius 3 is 2.56 bits per heavy atom. The molecule has 25 heavy (non-hydrogen) atoms. The van der Waals surface area contributed by atoms with Gasteiger partial charge in [-0.3, -0.25) is 0 Å². The zero-order valence-electron chi connectivity index (χ0n) is 14.5. The van der Waals surface area contributed by atoms with Crippen molar-refractivity contribution in [2.24, 2.45) is 7.05 Å². The lowest BCUT2D eigenvalue weighted by Crippen LogP contribution is -2.04. The van der Waals surface area contributed by atoms with Gasteiger partial charge in [0.05, 0.1) is 0 Å². The third kappa shape index (κ3) is 4.60. The third-order valence-corrected chi connectivity index (χ3v) is 4.84. The molecule has 3 aromatic rings. The second kappa shape index (κ2) is 7.70. The molecule has 0 bridgehead atoms. The number of halogens is 1. The summed E-state index contributed by atoms with van der Waals surface area (Å²) < 4.78 is 21.0. The Hall–Kier alpha value is -2.34. The van der Waals surface area contributed by atoms with Crippen LogP contribution in [0.1, 0.15) is 22.5 Å². The van der Waals surface area contributed by atoms with Crippen LogP contribution < -0.4 is 4.74 Å². The molecule has 0 aliphatic heterocycles. The van der Waals surface area contributed by atoms with Crippen LogP contribution in [0.25, 0.3) is 0 Å². The normalized spacial score (nSPS) is 10.9. The molecule has 1 aromatic heterocycles. The van der Waals surface area contributed by atoms with E-state index in [4.69, 9.17) is 4.74 Å². The number of aromatic nitrogens is 3. The molecule has 0 N–H and O–H groups in total. The van der Waals surface area contributed by atoms with Crippen LogP contribution in [0.5, 0.6) is 5.75 Å². The smallest absolute Gasteiger partial charge is 0.191 e. The van der Waals surface area contributed by atoms with Gasteiger partial charge < -0.3 is 9.30 Å². The van der Waals surface area contributed by atoms with Crippen LogP contribution in [-0.4, -0.2) is 14.8 Å². The fourth-order valence-electron chi connectivity index (χ4n) is 2.54. The van der Waals surface area contributed by atoms with Gasteiger partial charge in [-0.05, 0) is 54.8 Å². The molecule has 2 aromatic carbocycles. The number of rotatable bonds is 6. The molecule has 0 aliphatic carbocycles. The highest BCUT2D eigenvalue weighted by atomic mass is 32.2. The van der Waals surface area contributed by atoms with Gasteiger partial charge in [0, 0.05) is 12.8 Å². The number of ether oxygens (including phenoxy) is 1. The fraction of sp³-hybridized carbons (Fsp3) is 0.263. The van der Waals surface area contributed by atoms with E-state index in [1.807, 2.05) is 43.7 Å². The van der Waals surface area contributed by atoms with E-state index in [0.29, 0.717) is 12.4 Å². The minimum Gasteiger partial charge on any atom is -0.486 e. The maximum atomic E-state index is 13.2. The molecule has 0 atom stereocenters. The van der Waals surface area contributed by atoms with Crippen molar-refractivity contribution in [3.8, 4) is 5.75 Å². The molecule has 4 nitrogen and oxygen atoms in total. The largest absolute Gasteiger partial charge is 0.486 e. The number of benzene rings is 2. The number of hydrogen-bond donors (Lipinski definition) is 0. The molecule has 0 fully saturated rings. The molecular weight excluding hydrogens is 337 g/mol. The summed E-state index contributed by atoms with van der Waals surface area (Å²) in [6.07, 6.45) is 0. The van der Waals surface area contributed by atoms with Gasteiger partial charge in [0.1, 0.15) is 18.2 Å². The van der Waals surface area contributed by atoms with Crippen LogP contribution in [-0.2, 0) is 19.4 Å². The number of hydrogen-bond acceptors (Lipinski definition) is 4. The lowest BCUT2D eigenvalue weighted by atomic mass is 10.1. The Labute approximate surface area is 151 Å². The van der Waals surface area contributed by atoms with Crippen LogP contribution in [0, 0.1) is 19.7 Å². The minimum absolute atomic E-state index is 0.224. The Kier molecular flexibility index (Phi) is 5.38. The van der Waals surface area contributed by atoms with E-state index in [-0.39, 0.29) is 5.82 Å². The highest BCUT2D eigenvalue weighted by molar-refractivity contribution is 7.98. The van der Waals surface area contributed by atoms with Crippen molar-refractivity contribution < 1.29 is 9.13 Å². The van der Waals surface area contributed by atoms with Crippen molar-refractivity contribution in [3.05, 3.63) is 70.8 Å². The summed E-state index contributed by atoms with van der Waals surface area (Å²) in [6.45, 7) is 4.44. The molecule has 0 amide bonds. The van der Waals surface area contributed by atoms with Gasteiger partial charge in [0.25, 0.3) is 0 Å². The van der Waals surface area contributed by atoms with E-state index in [9.17, 15) is 4.39 Å². The average molecular weight is 357 g/mol. The van der Waals surface area contributed by atoms with Crippen LogP contribution >= 0.6 is 11.8 Å². The first-order valence-electron chi connectivity index (χ1n) is 7.98. The molecule has 0 saturated carbocycles. The van der Waals surface area contributed by atoms with Crippen molar-refractivity contribution in [1.29, 1.82) is 0 Å². The molecule has 0 unspecified atom stereocenters. The van der Waals surface area contributed by atoms with Gasteiger partial charge in [-0.1, -0.05) is 30.0 Å². The lowest BCUT2D eigenvalue weighted by molar-refractivity contribution is 0.290. The minimum atomic E-state index is -0.224. The molecule has 1 heterocycles. The maximum absolute atomic E-state index is 13.2. The fourth-order valence-corrected chi connectivity index (χ4v) is 3.41. The summed E-state index contributed by atoms with van der Waals surface area (Å²) in [7, 11) is 1.91. The van der Waals surface area contributed by atoms with Crippen molar-refractivity contribution >= 4 is 11.8 Å². The maximum Gasteiger partial charge on any atom is 0.191 e.